The van der Waals surface area contributed by atoms with E-state index in [9.17, 15) is 4.79 Å². The quantitative estimate of drug-likeness (QED) is 0.902. The molecule has 18 heavy (non-hydrogen) atoms. The lowest BCUT2D eigenvalue weighted by atomic mass is 10.2. The second-order valence-corrected chi connectivity index (χ2v) is 5.54. The second-order valence-electron chi connectivity index (χ2n) is 4.56. The average molecular weight is 268 g/mol. The van der Waals surface area contributed by atoms with Gasteiger partial charge in [-0.3, -0.25) is 10.1 Å². The minimum atomic E-state index is -0.153. The molecular weight excluding hydrogens is 248 g/mol. The number of ether oxygens (including phenoxy) is 1. The van der Waals surface area contributed by atoms with E-state index in [-0.39, 0.29) is 18.0 Å². The Morgan fingerprint density at radius 2 is 2.17 bits per heavy atom. The van der Waals surface area contributed by atoms with Crippen molar-refractivity contribution in [2.45, 2.75) is 25.9 Å². The highest BCUT2D eigenvalue weighted by Crippen LogP contribution is 2.18. The third kappa shape index (κ3) is 3.31. The zero-order valence-electron chi connectivity index (χ0n) is 10.9. The number of nitrogens with zero attached hydrogens (tertiary/aromatic N) is 1. The van der Waals surface area contributed by atoms with Crippen molar-refractivity contribution in [2.75, 3.05) is 26.3 Å². The van der Waals surface area contributed by atoms with Crippen molar-refractivity contribution in [3.8, 4) is 0 Å². The second kappa shape index (κ2) is 6.31. The molecule has 1 aliphatic heterocycles. The lowest BCUT2D eigenvalue weighted by Crippen LogP contribution is -2.49. The number of morpholine rings is 1. The molecule has 2 unspecified atom stereocenters. The van der Waals surface area contributed by atoms with Gasteiger partial charge < -0.3 is 9.64 Å². The van der Waals surface area contributed by atoms with E-state index in [1.54, 1.807) is 11.3 Å². The Balaban J connectivity index is 1.86. The normalized spacial score (nSPS) is 19.6. The number of thiophene rings is 1. The number of rotatable bonds is 4. The first kappa shape index (κ1) is 13.5. The van der Waals surface area contributed by atoms with Crippen molar-refractivity contribution in [1.82, 2.24) is 10.2 Å². The molecule has 2 atom stereocenters. The monoisotopic (exact) mass is 268 g/mol. The summed E-state index contributed by atoms with van der Waals surface area (Å²) in [6.45, 7) is 6.74. The molecule has 0 saturated carbocycles. The van der Waals surface area contributed by atoms with Gasteiger partial charge in [0, 0.05) is 24.0 Å². The molecule has 1 aliphatic rings. The van der Waals surface area contributed by atoms with Crippen LogP contribution < -0.4 is 5.32 Å². The predicted molar refractivity (Wildman–Crippen MR) is 72.7 cm³/mol. The third-order valence-corrected chi connectivity index (χ3v) is 4.22. The van der Waals surface area contributed by atoms with Crippen LogP contribution in [0.15, 0.2) is 17.5 Å². The maximum Gasteiger partial charge on any atom is 0.239 e. The van der Waals surface area contributed by atoms with Gasteiger partial charge in [0.2, 0.25) is 5.91 Å². The maximum absolute atomic E-state index is 12.2. The summed E-state index contributed by atoms with van der Waals surface area (Å²) in [4.78, 5) is 15.4. The highest BCUT2D eigenvalue weighted by atomic mass is 32.1. The summed E-state index contributed by atoms with van der Waals surface area (Å²) in [6.07, 6.45) is 0. The summed E-state index contributed by atoms with van der Waals surface area (Å²) in [6, 6.07) is 4.19. The van der Waals surface area contributed by atoms with E-state index >= 15 is 0 Å². The predicted octanol–water partition coefficient (Wildman–Crippen LogP) is 1.65. The van der Waals surface area contributed by atoms with Crippen molar-refractivity contribution in [3.63, 3.8) is 0 Å². The van der Waals surface area contributed by atoms with E-state index in [2.05, 4.69) is 23.7 Å². The molecule has 0 aromatic carbocycles. The Bertz CT molecular complexity index is 374. The summed E-state index contributed by atoms with van der Waals surface area (Å²) in [7, 11) is 0. The topological polar surface area (TPSA) is 41.6 Å². The van der Waals surface area contributed by atoms with Crippen molar-refractivity contribution < 1.29 is 9.53 Å². The molecule has 0 radical (unpaired) electrons. The fourth-order valence-electron chi connectivity index (χ4n) is 2.12. The van der Waals surface area contributed by atoms with Gasteiger partial charge in [-0.15, -0.1) is 11.3 Å². The fraction of sp³-hybridized carbons (Fsp3) is 0.615. The number of hydrogen-bond donors (Lipinski definition) is 1. The SMILES string of the molecule is CC(NC(C)c1cccs1)C(=O)N1CCOCC1. The van der Waals surface area contributed by atoms with Crippen LogP contribution in [0.1, 0.15) is 24.8 Å². The van der Waals surface area contributed by atoms with Gasteiger partial charge in [-0.2, -0.15) is 0 Å². The van der Waals surface area contributed by atoms with Gasteiger partial charge >= 0.3 is 0 Å². The molecule has 1 aromatic rings. The minimum Gasteiger partial charge on any atom is -0.378 e. The molecule has 1 N–H and O–H groups in total. The molecule has 1 saturated heterocycles. The first-order valence-corrected chi connectivity index (χ1v) is 7.22. The number of carbonyl (C=O) groups is 1. The number of amides is 1. The van der Waals surface area contributed by atoms with Crippen LogP contribution in [0.2, 0.25) is 0 Å². The number of nitrogens with one attached hydrogen (secondary N) is 1. The lowest BCUT2D eigenvalue weighted by molar-refractivity contribution is -0.137. The Hall–Kier alpha value is -0.910. The molecule has 5 heteroatoms. The van der Waals surface area contributed by atoms with E-state index in [0.717, 1.165) is 0 Å². The zero-order valence-corrected chi connectivity index (χ0v) is 11.7. The molecule has 1 amide bonds. The highest BCUT2D eigenvalue weighted by molar-refractivity contribution is 7.10. The van der Waals surface area contributed by atoms with Crippen LogP contribution in [0.3, 0.4) is 0 Å². The number of carbonyl (C=O) groups excluding carboxylic acids is 1. The van der Waals surface area contributed by atoms with E-state index < -0.39 is 0 Å². The van der Waals surface area contributed by atoms with Crippen LogP contribution in [0.4, 0.5) is 0 Å². The Morgan fingerprint density at radius 1 is 1.44 bits per heavy atom. The summed E-state index contributed by atoms with van der Waals surface area (Å²) in [5.41, 5.74) is 0. The number of hydrogen-bond acceptors (Lipinski definition) is 4. The first-order chi connectivity index (χ1) is 8.68. The molecule has 4 nitrogen and oxygen atoms in total. The minimum absolute atomic E-state index is 0.153. The molecular formula is C13H20N2O2S. The van der Waals surface area contributed by atoms with Crippen LogP contribution in [0, 0.1) is 0 Å². The van der Waals surface area contributed by atoms with Crippen molar-refractivity contribution >= 4 is 17.2 Å². The molecule has 100 valence electrons. The van der Waals surface area contributed by atoms with Crippen LogP contribution in [-0.2, 0) is 9.53 Å². The molecule has 2 rings (SSSR count). The fourth-order valence-corrected chi connectivity index (χ4v) is 2.87. The van der Waals surface area contributed by atoms with Crippen LogP contribution >= 0.6 is 11.3 Å². The van der Waals surface area contributed by atoms with Crippen LogP contribution in [0.5, 0.6) is 0 Å². The lowest BCUT2D eigenvalue weighted by Gasteiger charge is -2.30. The maximum atomic E-state index is 12.2. The van der Waals surface area contributed by atoms with Gasteiger partial charge in [-0.1, -0.05) is 6.07 Å². The molecule has 0 bridgehead atoms. The van der Waals surface area contributed by atoms with Gasteiger partial charge in [0.05, 0.1) is 19.3 Å². The Morgan fingerprint density at radius 3 is 2.78 bits per heavy atom. The molecule has 0 aliphatic carbocycles. The van der Waals surface area contributed by atoms with Gasteiger partial charge in [0.25, 0.3) is 0 Å². The smallest absolute Gasteiger partial charge is 0.239 e. The summed E-state index contributed by atoms with van der Waals surface area (Å²) < 4.78 is 5.26. The Kier molecular flexibility index (Phi) is 4.74. The largest absolute Gasteiger partial charge is 0.378 e. The summed E-state index contributed by atoms with van der Waals surface area (Å²) in [5, 5.41) is 5.42. The van der Waals surface area contributed by atoms with E-state index in [1.807, 2.05) is 17.9 Å². The van der Waals surface area contributed by atoms with Crippen molar-refractivity contribution in [2.24, 2.45) is 0 Å². The van der Waals surface area contributed by atoms with E-state index in [0.29, 0.717) is 26.3 Å². The van der Waals surface area contributed by atoms with Gasteiger partial charge in [0.1, 0.15) is 0 Å². The molecule has 1 aromatic heterocycles. The van der Waals surface area contributed by atoms with Crippen molar-refractivity contribution in [1.29, 1.82) is 0 Å². The summed E-state index contributed by atoms with van der Waals surface area (Å²) >= 11 is 1.71. The molecule has 0 spiro atoms. The van der Waals surface area contributed by atoms with Gasteiger partial charge in [-0.05, 0) is 25.3 Å². The van der Waals surface area contributed by atoms with E-state index in [1.165, 1.54) is 4.88 Å². The Labute approximate surface area is 112 Å². The third-order valence-electron chi connectivity index (χ3n) is 3.16. The highest BCUT2D eigenvalue weighted by Gasteiger charge is 2.23. The standard InChI is InChI=1S/C13H20N2O2S/c1-10(12-4-3-9-18-12)14-11(2)13(16)15-5-7-17-8-6-15/h3-4,9-11,14H,5-8H2,1-2H3. The van der Waals surface area contributed by atoms with Gasteiger partial charge in [0.15, 0.2) is 0 Å². The van der Waals surface area contributed by atoms with Crippen LogP contribution in [-0.4, -0.2) is 43.2 Å². The average Bonchev–Trinajstić information content (AvgIpc) is 2.92. The van der Waals surface area contributed by atoms with Crippen LogP contribution in [0.25, 0.3) is 0 Å². The summed E-state index contributed by atoms with van der Waals surface area (Å²) in [5.74, 6) is 0.168. The first-order valence-electron chi connectivity index (χ1n) is 6.34. The van der Waals surface area contributed by atoms with Crippen molar-refractivity contribution in [3.05, 3.63) is 22.4 Å². The molecule has 1 fully saturated rings. The van der Waals surface area contributed by atoms with E-state index in [4.69, 9.17) is 4.74 Å². The zero-order chi connectivity index (χ0) is 13.0. The van der Waals surface area contributed by atoms with Gasteiger partial charge in [-0.25, -0.2) is 0 Å². The molecule has 2 heterocycles.